The summed E-state index contributed by atoms with van der Waals surface area (Å²) in [6.45, 7) is 3.84. The Kier molecular flexibility index (Phi) is 6.14. The van der Waals surface area contributed by atoms with E-state index in [1.165, 1.54) is 0 Å². The number of carbonyl (C=O) groups excluding carboxylic acids is 1. The molecule has 6 nitrogen and oxygen atoms in total. The average Bonchev–Trinajstić information content (AvgIpc) is 2.60. The predicted octanol–water partition coefficient (Wildman–Crippen LogP) is 2.11. The van der Waals surface area contributed by atoms with Crippen molar-refractivity contribution >= 4 is 21.6 Å². The number of sulfonamides is 1. The highest BCUT2D eigenvalue weighted by Gasteiger charge is 2.28. The average molecular weight is 361 g/mol. The maximum Gasteiger partial charge on any atom is 0.243 e. The van der Waals surface area contributed by atoms with E-state index in [1.807, 2.05) is 25.1 Å². The molecule has 25 heavy (non-hydrogen) atoms. The molecule has 1 atom stereocenters. The normalized spacial score (nSPS) is 12.4. The minimum Gasteiger partial charge on any atom is -0.349 e. The summed E-state index contributed by atoms with van der Waals surface area (Å²) in [6, 6.07) is 11.7. The number of aromatic nitrogens is 1. The van der Waals surface area contributed by atoms with Crippen molar-refractivity contribution in [2.24, 2.45) is 0 Å². The van der Waals surface area contributed by atoms with Gasteiger partial charge in [0.05, 0.1) is 24.2 Å². The van der Waals surface area contributed by atoms with E-state index >= 15 is 0 Å². The summed E-state index contributed by atoms with van der Waals surface area (Å²) in [5, 5.41) is 2.74. The zero-order valence-corrected chi connectivity index (χ0v) is 15.5. The SMILES string of the molecule is CCc1ccc(N(C(C)C(=O)NCc2ccccn2)S(C)(=O)=O)cc1. The van der Waals surface area contributed by atoms with Gasteiger partial charge in [-0.15, -0.1) is 0 Å². The van der Waals surface area contributed by atoms with E-state index in [0.29, 0.717) is 11.4 Å². The molecule has 0 aliphatic heterocycles. The zero-order valence-electron chi connectivity index (χ0n) is 14.6. The first-order valence-electron chi connectivity index (χ1n) is 8.09. The number of hydrogen-bond donors (Lipinski definition) is 1. The molecule has 0 fully saturated rings. The van der Waals surface area contributed by atoms with Crippen LogP contribution in [-0.2, 0) is 27.8 Å². The maximum atomic E-state index is 12.5. The zero-order chi connectivity index (χ0) is 18.4. The van der Waals surface area contributed by atoms with Gasteiger partial charge in [-0.1, -0.05) is 25.1 Å². The van der Waals surface area contributed by atoms with Gasteiger partial charge in [0.25, 0.3) is 0 Å². The first-order chi connectivity index (χ1) is 11.8. The summed E-state index contributed by atoms with van der Waals surface area (Å²) >= 11 is 0. The monoisotopic (exact) mass is 361 g/mol. The molecule has 0 bridgehead atoms. The van der Waals surface area contributed by atoms with Gasteiger partial charge >= 0.3 is 0 Å². The lowest BCUT2D eigenvalue weighted by molar-refractivity contribution is -0.122. The molecule has 1 unspecified atom stereocenters. The van der Waals surface area contributed by atoms with E-state index in [9.17, 15) is 13.2 Å². The Hall–Kier alpha value is -2.41. The third kappa shape index (κ3) is 5.03. The summed E-state index contributed by atoms with van der Waals surface area (Å²) in [4.78, 5) is 16.6. The molecule has 0 saturated carbocycles. The molecule has 0 aliphatic carbocycles. The van der Waals surface area contributed by atoms with Crippen molar-refractivity contribution in [2.45, 2.75) is 32.9 Å². The van der Waals surface area contributed by atoms with Crippen molar-refractivity contribution in [3.8, 4) is 0 Å². The first kappa shape index (κ1) is 18.9. The molecular formula is C18H23N3O3S. The van der Waals surface area contributed by atoms with Crippen LogP contribution in [0.25, 0.3) is 0 Å². The van der Waals surface area contributed by atoms with Gasteiger partial charge in [-0.2, -0.15) is 0 Å². The van der Waals surface area contributed by atoms with E-state index < -0.39 is 16.1 Å². The molecule has 0 spiro atoms. The molecule has 2 aromatic rings. The van der Waals surface area contributed by atoms with Gasteiger partial charge in [0.1, 0.15) is 6.04 Å². The van der Waals surface area contributed by atoms with Gasteiger partial charge < -0.3 is 5.32 Å². The molecule has 1 N–H and O–H groups in total. The van der Waals surface area contributed by atoms with Crippen LogP contribution in [0.3, 0.4) is 0 Å². The highest BCUT2D eigenvalue weighted by atomic mass is 32.2. The third-order valence-electron chi connectivity index (χ3n) is 3.86. The Morgan fingerprint density at radius 3 is 2.40 bits per heavy atom. The molecule has 134 valence electrons. The number of aryl methyl sites for hydroxylation is 1. The van der Waals surface area contributed by atoms with Crippen LogP contribution in [0.15, 0.2) is 48.7 Å². The lowest BCUT2D eigenvalue weighted by Gasteiger charge is -2.28. The summed E-state index contributed by atoms with van der Waals surface area (Å²) in [5.74, 6) is -0.379. The fourth-order valence-electron chi connectivity index (χ4n) is 2.52. The van der Waals surface area contributed by atoms with Crippen molar-refractivity contribution in [1.82, 2.24) is 10.3 Å². The predicted molar refractivity (Wildman–Crippen MR) is 98.7 cm³/mol. The molecule has 0 radical (unpaired) electrons. The first-order valence-corrected chi connectivity index (χ1v) is 9.93. The van der Waals surface area contributed by atoms with Crippen LogP contribution >= 0.6 is 0 Å². The van der Waals surface area contributed by atoms with Gasteiger partial charge in [-0.25, -0.2) is 8.42 Å². The largest absolute Gasteiger partial charge is 0.349 e. The summed E-state index contributed by atoms with van der Waals surface area (Å²) in [7, 11) is -3.61. The third-order valence-corrected chi connectivity index (χ3v) is 5.10. The highest BCUT2D eigenvalue weighted by Crippen LogP contribution is 2.21. The summed E-state index contributed by atoms with van der Waals surface area (Å²) in [5.41, 5.74) is 2.28. The van der Waals surface area contributed by atoms with Gasteiger partial charge in [0, 0.05) is 6.20 Å². The summed E-state index contributed by atoms with van der Waals surface area (Å²) in [6.07, 6.45) is 3.60. The van der Waals surface area contributed by atoms with E-state index in [4.69, 9.17) is 0 Å². The molecule has 0 aliphatic rings. The number of carbonyl (C=O) groups is 1. The van der Waals surface area contributed by atoms with E-state index in [0.717, 1.165) is 22.5 Å². The molecule has 0 saturated heterocycles. The van der Waals surface area contributed by atoms with Crippen LogP contribution in [0, 0.1) is 0 Å². The van der Waals surface area contributed by atoms with Crippen LogP contribution < -0.4 is 9.62 Å². The maximum absolute atomic E-state index is 12.5. The van der Waals surface area contributed by atoms with E-state index in [-0.39, 0.29) is 12.5 Å². The Morgan fingerprint density at radius 1 is 1.20 bits per heavy atom. The van der Waals surface area contributed by atoms with Crippen molar-refractivity contribution in [3.05, 3.63) is 59.9 Å². The standard InChI is InChI=1S/C18H23N3O3S/c1-4-15-8-10-17(11-9-15)21(25(3,23)24)14(2)18(22)20-13-16-7-5-6-12-19-16/h5-12,14H,4,13H2,1-3H3,(H,20,22). The second-order valence-electron chi connectivity index (χ2n) is 5.79. The molecule has 7 heteroatoms. The number of amides is 1. The van der Waals surface area contributed by atoms with Crippen molar-refractivity contribution < 1.29 is 13.2 Å². The molecule has 1 aromatic heterocycles. The van der Waals surface area contributed by atoms with Crippen LogP contribution in [0.2, 0.25) is 0 Å². The van der Waals surface area contributed by atoms with Gasteiger partial charge in [-0.05, 0) is 43.2 Å². The van der Waals surface area contributed by atoms with Crippen molar-refractivity contribution in [3.63, 3.8) is 0 Å². The highest BCUT2D eigenvalue weighted by molar-refractivity contribution is 7.92. The number of nitrogens with one attached hydrogen (secondary N) is 1. The number of benzene rings is 1. The molecule has 1 aromatic carbocycles. The fourth-order valence-corrected chi connectivity index (χ4v) is 3.69. The Labute approximate surface area is 148 Å². The Balaban J connectivity index is 2.17. The summed E-state index contributed by atoms with van der Waals surface area (Å²) < 4.78 is 25.6. The Morgan fingerprint density at radius 2 is 1.88 bits per heavy atom. The number of anilines is 1. The van der Waals surface area contributed by atoms with Crippen molar-refractivity contribution in [1.29, 1.82) is 0 Å². The lowest BCUT2D eigenvalue weighted by atomic mass is 10.1. The lowest BCUT2D eigenvalue weighted by Crippen LogP contribution is -2.47. The second-order valence-corrected chi connectivity index (χ2v) is 7.65. The fraction of sp³-hybridized carbons (Fsp3) is 0.333. The van der Waals surface area contributed by atoms with Gasteiger partial charge in [0.2, 0.25) is 15.9 Å². The topological polar surface area (TPSA) is 79.4 Å². The van der Waals surface area contributed by atoms with Crippen LogP contribution in [-0.4, -0.2) is 31.6 Å². The molecular weight excluding hydrogens is 338 g/mol. The quantitative estimate of drug-likeness (QED) is 0.819. The molecule has 1 heterocycles. The number of pyridine rings is 1. The molecule has 2 rings (SSSR count). The van der Waals surface area contributed by atoms with Crippen LogP contribution in [0.1, 0.15) is 25.1 Å². The number of hydrogen-bond acceptors (Lipinski definition) is 4. The van der Waals surface area contributed by atoms with E-state index in [2.05, 4.69) is 10.3 Å². The number of nitrogens with zero attached hydrogens (tertiary/aromatic N) is 2. The Bertz CT molecular complexity index is 805. The van der Waals surface area contributed by atoms with Gasteiger partial charge in [-0.3, -0.25) is 14.1 Å². The molecule has 1 amide bonds. The minimum atomic E-state index is -3.61. The number of rotatable bonds is 7. The van der Waals surface area contributed by atoms with E-state index in [1.54, 1.807) is 37.4 Å². The van der Waals surface area contributed by atoms with Crippen LogP contribution in [0.5, 0.6) is 0 Å². The van der Waals surface area contributed by atoms with Crippen LogP contribution in [0.4, 0.5) is 5.69 Å². The second kappa shape index (κ2) is 8.11. The van der Waals surface area contributed by atoms with Gasteiger partial charge in [0.15, 0.2) is 0 Å². The smallest absolute Gasteiger partial charge is 0.243 e. The minimum absolute atomic E-state index is 0.246. The van der Waals surface area contributed by atoms with Crippen molar-refractivity contribution in [2.75, 3.05) is 10.6 Å².